The Bertz CT molecular complexity index is 985. The summed E-state index contributed by atoms with van der Waals surface area (Å²) >= 11 is 0. The van der Waals surface area contributed by atoms with Crippen molar-refractivity contribution in [3.8, 4) is 0 Å². The van der Waals surface area contributed by atoms with E-state index in [-0.39, 0.29) is 30.7 Å². The van der Waals surface area contributed by atoms with Gasteiger partial charge >= 0.3 is 0 Å². The molecule has 3 rings (SSSR count). The number of amides is 3. The Morgan fingerprint density at radius 2 is 1.60 bits per heavy atom. The van der Waals surface area contributed by atoms with E-state index in [4.69, 9.17) is 0 Å². The lowest BCUT2D eigenvalue weighted by Gasteiger charge is -2.24. The van der Waals surface area contributed by atoms with Crippen molar-refractivity contribution in [3.05, 3.63) is 58.1 Å². The molecule has 0 saturated carbocycles. The summed E-state index contributed by atoms with van der Waals surface area (Å²) in [5, 5.41) is 2.96. The summed E-state index contributed by atoms with van der Waals surface area (Å²) in [6, 6.07) is 9.07. The Morgan fingerprint density at radius 3 is 2.17 bits per heavy atom. The molecule has 1 fully saturated rings. The van der Waals surface area contributed by atoms with Crippen molar-refractivity contribution >= 4 is 29.1 Å². The zero-order valence-electron chi connectivity index (χ0n) is 18.5. The van der Waals surface area contributed by atoms with Crippen molar-refractivity contribution in [1.82, 2.24) is 4.90 Å². The van der Waals surface area contributed by atoms with E-state index in [0.717, 1.165) is 33.5 Å². The number of carbonyl (C=O) groups is 3. The zero-order valence-corrected chi connectivity index (χ0v) is 18.5. The molecule has 1 saturated heterocycles. The van der Waals surface area contributed by atoms with Gasteiger partial charge in [-0.2, -0.15) is 0 Å². The first-order valence-electron chi connectivity index (χ1n) is 10.1. The van der Waals surface area contributed by atoms with Gasteiger partial charge in [0, 0.05) is 5.69 Å². The van der Waals surface area contributed by atoms with E-state index < -0.39 is 6.04 Å². The molecule has 1 aliphatic rings. The van der Waals surface area contributed by atoms with Crippen molar-refractivity contribution in [3.63, 3.8) is 0 Å². The predicted molar refractivity (Wildman–Crippen MR) is 119 cm³/mol. The van der Waals surface area contributed by atoms with Gasteiger partial charge in [0.15, 0.2) is 0 Å². The summed E-state index contributed by atoms with van der Waals surface area (Å²) in [6.07, 6.45) is 0.0684. The molecule has 6 nitrogen and oxygen atoms in total. The lowest BCUT2D eigenvalue weighted by atomic mass is 10.1. The lowest BCUT2D eigenvalue weighted by molar-refractivity contribution is -0.123. The molecule has 0 aliphatic carbocycles. The number of para-hydroxylation sites is 1. The van der Waals surface area contributed by atoms with Crippen LogP contribution in [0.2, 0.25) is 0 Å². The molecule has 0 bridgehead atoms. The van der Waals surface area contributed by atoms with Crippen molar-refractivity contribution < 1.29 is 14.4 Å². The van der Waals surface area contributed by atoms with Gasteiger partial charge in [-0.3, -0.25) is 19.3 Å². The van der Waals surface area contributed by atoms with E-state index >= 15 is 0 Å². The SMILES string of the molecule is Cc1cc(C)c(NC(=O)CN(C)[C@H]2CC(=O)N(c3c(C)cccc3C)C2=O)c(C)c1. The summed E-state index contributed by atoms with van der Waals surface area (Å²) < 4.78 is 0. The standard InChI is InChI=1S/C24H29N3O3/c1-14-10-17(4)22(18(5)11-14)25-20(28)13-26(6)19-12-21(29)27(24(19)30)23-15(2)8-7-9-16(23)3/h7-11,19H,12-13H2,1-6H3,(H,25,28)/t19-/m0/s1. The quantitative estimate of drug-likeness (QED) is 0.771. The maximum Gasteiger partial charge on any atom is 0.251 e. The van der Waals surface area contributed by atoms with E-state index in [1.54, 1.807) is 11.9 Å². The molecule has 2 aromatic carbocycles. The Labute approximate surface area is 177 Å². The normalized spacial score (nSPS) is 16.5. The first-order chi connectivity index (χ1) is 14.1. The van der Waals surface area contributed by atoms with Crippen LogP contribution in [-0.2, 0) is 14.4 Å². The van der Waals surface area contributed by atoms with Crippen LogP contribution < -0.4 is 10.2 Å². The third-order valence-corrected chi connectivity index (χ3v) is 5.65. The number of nitrogens with one attached hydrogen (secondary N) is 1. The summed E-state index contributed by atoms with van der Waals surface area (Å²) in [4.78, 5) is 41.3. The van der Waals surface area contributed by atoms with Gasteiger partial charge in [-0.1, -0.05) is 35.9 Å². The minimum Gasteiger partial charge on any atom is -0.324 e. The number of likely N-dealkylation sites (N-methyl/N-ethyl adjacent to an activating group) is 1. The molecule has 0 spiro atoms. The van der Waals surface area contributed by atoms with Gasteiger partial charge in [0.25, 0.3) is 5.91 Å². The van der Waals surface area contributed by atoms with Crippen LogP contribution in [0.25, 0.3) is 0 Å². The molecule has 1 N–H and O–H groups in total. The largest absolute Gasteiger partial charge is 0.324 e. The molecule has 30 heavy (non-hydrogen) atoms. The van der Waals surface area contributed by atoms with Crippen molar-refractivity contribution in [2.24, 2.45) is 0 Å². The molecular weight excluding hydrogens is 378 g/mol. The summed E-state index contributed by atoms with van der Waals surface area (Å²) in [6.45, 7) is 9.74. The van der Waals surface area contributed by atoms with Crippen LogP contribution in [0, 0.1) is 34.6 Å². The highest BCUT2D eigenvalue weighted by atomic mass is 16.2. The van der Waals surface area contributed by atoms with Crippen molar-refractivity contribution in [1.29, 1.82) is 0 Å². The Hall–Kier alpha value is -2.99. The second kappa shape index (κ2) is 8.40. The lowest BCUT2D eigenvalue weighted by Crippen LogP contribution is -2.43. The molecule has 0 unspecified atom stereocenters. The molecule has 1 aliphatic heterocycles. The molecule has 158 valence electrons. The van der Waals surface area contributed by atoms with E-state index in [1.807, 2.05) is 65.0 Å². The van der Waals surface area contributed by atoms with Crippen LogP contribution in [0.1, 0.15) is 34.2 Å². The smallest absolute Gasteiger partial charge is 0.251 e. The van der Waals surface area contributed by atoms with E-state index in [9.17, 15) is 14.4 Å². The molecule has 2 aromatic rings. The number of benzene rings is 2. The second-order valence-electron chi connectivity index (χ2n) is 8.26. The topological polar surface area (TPSA) is 69.7 Å². The number of anilines is 2. The fourth-order valence-electron chi connectivity index (χ4n) is 4.25. The van der Waals surface area contributed by atoms with Crippen LogP contribution in [0.5, 0.6) is 0 Å². The minimum absolute atomic E-state index is 0.0248. The molecule has 0 aromatic heterocycles. The van der Waals surface area contributed by atoms with Crippen molar-refractivity contribution in [2.45, 2.75) is 47.1 Å². The molecule has 1 atom stereocenters. The molecule has 0 radical (unpaired) electrons. The van der Waals surface area contributed by atoms with Crippen LogP contribution in [-0.4, -0.2) is 42.3 Å². The fourth-order valence-corrected chi connectivity index (χ4v) is 4.25. The first kappa shape index (κ1) is 21.7. The molecular formula is C24H29N3O3. The average molecular weight is 408 g/mol. The number of aryl methyl sites for hydroxylation is 5. The highest BCUT2D eigenvalue weighted by molar-refractivity contribution is 6.23. The Balaban J connectivity index is 1.73. The summed E-state index contributed by atoms with van der Waals surface area (Å²) in [5.41, 5.74) is 6.34. The maximum atomic E-state index is 13.1. The van der Waals surface area contributed by atoms with Gasteiger partial charge in [0.2, 0.25) is 11.8 Å². The number of hydrogen-bond donors (Lipinski definition) is 1. The van der Waals surface area contributed by atoms with Crippen LogP contribution in [0.4, 0.5) is 11.4 Å². The molecule has 3 amide bonds. The number of carbonyl (C=O) groups excluding carboxylic acids is 3. The summed E-state index contributed by atoms with van der Waals surface area (Å²) in [5.74, 6) is -0.728. The van der Waals surface area contributed by atoms with Gasteiger partial charge in [-0.15, -0.1) is 0 Å². The van der Waals surface area contributed by atoms with E-state index in [1.165, 1.54) is 4.90 Å². The highest BCUT2D eigenvalue weighted by Crippen LogP contribution is 2.31. The number of nitrogens with zero attached hydrogens (tertiary/aromatic N) is 2. The number of hydrogen-bond acceptors (Lipinski definition) is 4. The summed E-state index contributed by atoms with van der Waals surface area (Å²) in [7, 11) is 1.71. The number of imide groups is 1. The average Bonchev–Trinajstić information content (AvgIpc) is 2.93. The second-order valence-corrected chi connectivity index (χ2v) is 8.26. The Kier molecular flexibility index (Phi) is 6.08. The fraction of sp³-hybridized carbons (Fsp3) is 0.375. The first-order valence-corrected chi connectivity index (χ1v) is 10.1. The van der Waals surface area contributed by atoms with Gasteiger partial charge in [0.05, 0.1) is 24.7 Å². The van der Waals surface area contributed by atoms with Crippen LogP contribution in [0.3, 0.4) is 0 Å². The zero-order chi connectivity index (χ0) is 22.2. The van der Waals surface area contributed by atoms with Gasteiger partial charge in [-0.25, -0.2) is 4.90 Å². The third kappa shape index (κ3) is 4.14. The van der Waals surface area contributed by atoms with Crippen LogP contribution >= 0.6 is 0 Å². The number of rotatable bonds is 5. The highest BCUT2D eigenvalue weighted by Gasteiger charge is 2.42. The van der Waals surface area contributed by atoms with Gasteiger partial charge in [-0.05, 0) is 63.9 Å². The van der Waals surface area contributed by atoms with Crippen molar-refractivity contribution in [2.75, 3.05) is 23.8 Å². The van der Waals surface area contributed by atoms with Gasteiger partial charge in [0.1, 0.15) is 0 Å². The van der Waals surface area contributed by atoms with Crippen LogP contribution in [0.15, 0.2) is 30.3 Å². The monoisotopic (exact) mass is 407 g/mol. The minimum atomic E-state index is -0.650. The predicted octanol–water partition coefficient (Wildman–Crippen LogP) is 3.43. The van der Waals surface area contributed by atoms with E-state index in [0.29, 0.717) is 5.69 Å². The Morgan fingerprint density at radius 1 is 1.03 bits per heavy atom. The molecule has 1 heterocycles. The third-order valence-electron chi connectivity index (χ3n) is 5.65. The molecule has 6 heteroatoms. The maximum absolute atomic E-state index is 13.1. The van der Waals surface area contributed by atoms with Gasteiger partial charge < -0.3 is 5.32 Å². The van der Waals surface area contributed by atoms with E-state index in [2.05, 4.69) is 5.32 Å².